The maximum absolute atomic E-state index is 12.7. The van der Waals surface area contributed by atoms with E-state index in [0.717, 1.165) is 10.9 Å². The van der Waals surface area contributed by atoms with Crippen molar-refractivity contribution in [3.63, 3.8) is 0 Å². The minimum absolute atomic E-state index is 0.159. The number of rotatable bonds is 6. The van der Waals surface area contributed by atoms with Gasteiger partial charge < -0.3 is 9.84 Å². The molecule has 0 unspecified atom stereocenters. The predicted molar refractivity (Wildman–Crippen MR) is 91.1 cm³/mol. The highest BCUT2D eigenvalue weighted by atomic mass is 32.1. The third kappa shape index (κ3) is 4.54. The highest BCUT2D eigenvalue weighted by molar-refractivity contribution is 7.13. The van der Waals surface area contributed by atoms with E-state index in [1.54, 1.807) is 19.9 Å². The van der Waals surface area contributed by atoms with Gasteiger partial charge in [0.15, 0.2) is 5.69 Å². The largest absolute Gasteiger partial charge is 0.435 e. The summed E-state index contributed by atoms with van der Waals surface area (Å²) in [5.41, 5.74) is -0.527. The number of alkyl halides is 3. The second kappa shape index (κ2) is 7.51. The van der Waals surface area contributed by atoms with E-state index in [1.165, 1.54) is 16.0 Å². The average molecular weight is 399 g/mol. The first-order valence-corrected chi connectivity index (χ1v) is 8.89. The minimum Gasteiger partial charge on any atom is -0.347 e. The molecule has 0 radical (unpaired) electrons. The summed E-state index contributed by atoms with van der Waals surface area (Å²) in [5.74, 6) is -0.533. The van der Waals surface area contributed by atoms with E-state index >= 15 is 0 Å². The van der Waals surface area contributed by atoms with Crippen molar-refractivity contribution in [1.82, 2.24) is 25.2 Å². The van der Waals surface area contributed by atoms with Crippen LogP contribution in [0.15, 0.2) is 28.1 Å². The van der Waals surface area contributed by atoms with E-state index in [4.69, 9.17) is 4.52 Å². The number of aryl methyl sites for hydroxylation is 1. The van der Waals surface area contributed by atoms with E-state index < -0.39 is 17.8 Å². The fourth-order valence-corrected chi connectivity index (χ4v) is 3.01. The Kier molecular flexibility index (Phi) is 5.31. The van der Waals surface area contributed by atoms with Crippen LogP contribution in [-0.4, -0.2) is 32.4 Å². The third-order valence-corrected chi connectivity index (χ3v) is 4.59. The molecule has 0 bridgehead atoms. The van der Waals surface area contributed by atoms with Gasteiger partial charge in [-0.05, 0) is 30.4 Å². The number of hydrogen-bond acceptors (Lipinski definition) is 6. The van der Waals surface area contributed by atoms with Crippen molar-refractivity contribution < 1.29 is 22.5 Å². The molecule has 3 aromatic heterocycles. The van der Waals surface area contributed by atoms with Crippen LogP contribution in [0, 0.1) is 12.8 Å². The van der Waals surface area contributed by atoms with Crippen molar-refractivity contribution in [2.45, 2.75) is 26.6 Å². The summed E-state index contributed by atoms with van der Waals surface area (Å²) in [7, 11) is 0. The number of hydrogen-bond donors (Lipinski definition) is 1. The Balaban J connectivity index is 1.55. The first-order chi connectivity index (χ1) is 12.7. The van der Waals surface area contributed by atoms with Gasteiger partial charge in [-0.1, -0.05) is 18.1 Å². The van der Waals surface area contributed by atoms with Gasteiger partial charge in [0, 0.05) is 18.8 Å². The summed E-state index contributed by atoms with van der Waals surface area (Å²) in [6.07, 6.45) is -4.48. The number of nitrogens with one attached hydrogen (secondary N) is 1. The van der Waals surface area contributed by atoms with E-state index in [-0.39, 0.29) is 24.9 Å². The first kappa shape index (κ1) is 19.1. The zero-order valence-electron chi connectivity index (χ0n) is 14.4. The molecule has 1 atom stereocenters. The monoisotopic (exact) mass is 399 g/mol. The standard InChI is InChI=1S/C16H16F3N5O2S/c1-9(8-24-10(2)6-12(22-24)16(17,18)19)7-20-14(25)15-21-13(23-26-15)11-4-3-5-27-11/h3-6,9H,7-8H2,1-2H3,(H,20,25)/t9-/m1/s1. The number of halogens is 3. The maximum atomic E-state index is 12.7. The molecule has 11 heteroatoms. The van der Waals surface area contributed by atoms with Crippen LogP contribution in [0.5, 0.6) is 0 Å². The van der Waals surface area contributed by atoms with Gasteiger partial charge in [0.1, 0.15) is 0 Å². The Morgan fingerprint density at radius 2 is 2.22 bits per heavy atom. The van der Waals surface area contributed by atoms with Gasteiger partial charge in [0.2, 0.25) is 5.82 Å². The molecule has 0 fully saturated rings. The molecule has 0 spiro atoms. The average Bonchev–Trinajstić information content (AvgIpc) is 3.32. The van der Waals surface area contributed by atoms with Crippen LogP contribution in [0.4, 0.5) is 13.2 Å². The van der Waals surface area contributed by atoms with Crippen LogP contribution in [-0.2, 0) is 12.7 Å². The van der Waals surface area contributed by atoms with Crippen molar-refractivity contribution in [1.29, 1.82) is 0 Å². The molecule has 27 heavy (non-hydrogen) atoms. The van der Waals surface area contributed by atoms with Crippen LogP contribution in [0.25, 0.3) is 10.7 Å². The molecule has 0 aliphatic heterocycles. The smallest absolute Gasteiger partial charge is 0.347 e. The van der Waals surface area contributed by atoms with Gasteiger partial charge in [-0.3, -0.25) is 9.48 Å². The molecule has 0 aliphatic carbocycles. The molecule has 0 saturated heterocycles. The van der Waals surface area contributed by atoms with Gasteiger partial charge in [-0.25, -0.2) is 0 Å². The summed E-state index contributed by atoms with van der Waals surface area (Å²) in [6, 6.07) is 4.63. The van der Waals surface area contributed by atoms with Crippen LogP contribution in [0.1, 0.15) is 29.0 Å². The molecule has 0 saturated carbocycles. The van der Waals surface area contributed by atoms with E-state index in [1.807, 2.05) is 11.4 Å². The third-order valence-electron chi connectivity index (χ3n) is 3.73. The van der Waals surface area contributed by atoms with Gasteiger partial charge >= 0.3 is 18.0 Å². The van der Waals surface area contributed by atoms with Crippen molar-refractivity contribution in [2.75, 3.05) is 6.54 Å². The van der Waals surface area contributed by atoms with E-state index in [2.05, 4.69) is 20.6 Å². The summed E-state index contributed by atoms with van der Waals surface area (Å²) in [4.78, 5) is 16.9. The molecule has 1 N–H and O–H groups in total. The van der Waals surface area contributed by atoms with Crippen LogP contribution in [0.3, 0.4) is 0 Å². The molecular formula is C16H16F3N5O2S. The summed E-state index contributed by atoms with van der Waals surface area (Å²) < 4.78 is 44.4. The summed E-state index contributed by atoms with van der Waals surface area (Å²) >= 11 is 1.42. The Labute approximate surface area is 156 Å². The van der Waals surface area contributed by atoms with Gasteiger partial charge in [-0.2, -0.15) is 23.3 Å². The number of amides is 1. The quantitative estimate of drug-likeness (QED) is 0.687. The second-order valence-electron chi connectivity index (χ2n) is 6.07. The number of thiophene rings is 1. The molecular weight excluding hydrogens is 383 g/mol. The number of aromatic nitrogens is 4. The molecule has 1 amide bonds. The summed E-state index contributed by atoms with van der Waals surface area (Å²) in [6.45, 7) is 3.79. The highest BCUT2D eigenvalue weighted by Gasteiger charge is 2.34. The van der Waals surface area contributed by atoms with Crippen LogP contribution in [0.2, 0.25) is 0 Å². The lowest BCUT2D eigenvalue weighted by atomic mass is 10.2. The lowest BCUT2D eigenvalue weighted by molar-refractivity contribution is -0.141. The topological polar surface area (TPSA) is 85.8 Å². The van der Waals surface area contributed by atoms with Crippen LogP contribution < -0.4 is 5.32 Å². The van der Waals surface area contributed by atoms with E-state index in [9.17, 15) is 18.0 Å². The zero-order valence-corrected chi connectivity index (χ0v) is 15.3. The lowest BCUT2D eigenvalue weighted by Crippen LogP contribution is -2.30. The fraction of sp³-hybridized carbons (Fsp3) is 0.375. The first-order valence-electron chi connectivity index (χ1n) is 8.01. The fourth-order valence-electron chi connectivity index (χ4n) is 2.36. The molecule has 144 valence electrons. The second-order valence-corrected chi connectivity index (χ2v) is 7.01. The Hall–Kier alpha value is -2.69. The number of carbonyl (C=O) groups excluding carboxylic acids is 1. The Morgan fingerprint density at radius 3 is 2.85 bits per heavy atom. The molecule has 3 aromatic rings. The van der Waals surface area contributed by atoms with Crippen molar-refractivity contribution >= 4 is 17.2 Å². The number of carbonyl (C=O) groups is 1. The Bertz CT molecular complexity index is 917. The van der Waals surface area contributed by atoms with Crippen LogP contribution >= 0.6 is 11.3 Å². The van der Waals surface area contributed by atoms with Crippen molar-refractivity contribution in [3.05, 3.63) is 40.9 Å². The van der Waals surface area contributed by atoms with E-state index in [0.29, 0.717) is 11.5 Å². The van der Waals surface area contributed by atoms with Gasteiger partial charge in [0.25, 0.3) is 0 Å². The molecule has 7 nitrogen and oxygen atoms in total. The molecule has 3 rings (SSSR count). The number of nitrogens with zero attached hydrogens (tertiary/aromatic N) is 4. The minimum atomic E-state index is -4.48. The Morgan fingerprint density at radius 1 is 1.44 bits per heavy atom. The zero-order chi connectivity index (χ0) is 19.6. The van der Waals surface area contributed by atoms with Gasteiger partial charge in [-0.15, -0.1) is 11.3 Å². The van der Waals surface area contributed by atoms with Crippen molar-refractivity contribution in [2.24, 2.45) is 5.92 Å². The summed E-state index contributed by atoms with van der Waals surface area (Å²) in [5, 5.41) is 11.8. The highest BCUT2D eigenvalue weighted by Crippen LogP contribution is 2.28. The van der Waals surface area contributed by atoms with Crippen molar-refractivity contribution in [3.8, 4) is 10.7 Å². The maximum Gasteiger partial charge on any atom is 0.435 e. The molecule has 0 aliphatic rings. The SMILES string of the molecule is Cc1cc(C(F)(F)F)nn1C[C@H](C)CNC(=O)c1nc(-c2cccs2)no1. The normalized spacial score (nSPS) is 12.9. The lowest BCUT2D eigenvalue weighted by Gasteiger charge is -2.13. The van der Waals surface area contributed by atoms with Gasteiger partial charge in [0.05, 0.1) is 4.88 Å². The molecule has 0 aromatic carbocycles. The molecule has 3 heterocycles. The predicted octanol–water partition coefficient (Wildman–Crippen LogP) is 3.39.